The van der Waals surface area contributed by atoms with Crippen LogP contribution < -0.4 is 10.6 Å². The lowest BCUT2D eigenvalue weighted by Gasteiger charge is -2.20. The van der Waals surface area contributed by atoms with E-state index in [2.05, 4.69) is 16.7 Å². The summed E-state index contributed by atoms with van der Waals surface area (Å²) >= 11 is 1.53. The van der Waals surface area contributed by atoms with Crippen molar-refractivity contribution in [3.8, 4) is 0 Å². The number of thiophene rings is 1. The van der Waals surface area contributed by atoms with Gasteiger partial charge in [0, 0.05) is 17.6 Å². The van der Waals surface area contributed by atoms with Crippen LogP contribution in [0.25, 0.3) is 0 Å². The Morgan fingerprint density at radius 3 is 3.11 bits per heavy atom. The van der Waals surface area contributed by atoms with Crippen molar-refractivity contribution in [3.63, 3.8) is 0 Å². The summed E-state index contributed by atoms with van der Waals surface area (Å²) < 4.78 is 0. The second kappa shape index (κ2) is 4.92. The van der Waals surface area contributed by atoms with E-state index in [-0.39, 0.29) is 5.91 Å². The highest BCUT2D eigenvalue weighted by atomic mass is 32.1. The molecule has 1 aromatic carbocycles. The zero-order valence-electron chi connectivity index (χ0n) is 9.90. The van der Waals surface area contributed by atoms with Gasteiger partial charge in [0.1, 0.15) is 0 Å². The molecule has 0 radical (unpaired) electrons. The molecule has 4 heteroatoms. The molecule has 18 heavy (non-hydrogen) atoms. The van der Waals surface area contributed by atoms with Crippen LogP contribution in [0, 0.1) is 0 Å². The normalized spacial score (nSPS) is 14.0. The van der Waals surface area contributed by atoms with Crippen LogP contribution in [0.15, 0.2) is 35.0 Å². The van der Waals surface area contributed by atoms with Crippen LogP contribution in [0.4, 0.5) is 5.69 Å². The molecule has 0 fully saturated rings. The second-order valence-corrected chi connectivity index (χ2v) is 5.12. The Kier molecular flexibility index (Phi) is 3.13. The van der Waals surface area contributed by atoms with E-state index in [1.54, 1.807) is 0 Å². The van der Waals surface area contributed by atoms with Gasteiger partial charge in [0.2, 0.25) is 0 Å². The zero-order chi connectivity index (χ0) is 12.4. The number of carbonyl (C=O) groups excluding carboxylic acids is 1. The first-order valence-electron chi connectivity index (χ1n) is 5.99. The molecule has 0 saturated carbocycles. The number of nitrogens with one attached hydrogen (secondary N) is 2. The molecule has 0 atom stereocenters. The van der Waals surface area contributed by atoms with Gasteiger partial charge in [0.05, 0.1) is 5.56 Å². The van der Waals surface area contributed by atoms with E-state index in [1.807, 2.05) is 29.0 Å². The van der Waals surface area contributed by atoms with Gasteiger partial charge < -0.3 is 10.6 Å². The Morgan fingerprint density at radius 1 is 1.33 bits per heavy atom. The van der Waals surface area contributed by atoms with E-state index in [0.717, 1.165) is 30.8 Å². The molecule has 1 aromatic heterocycles. The molecule has 0 bridgehead atoms. The van der Waals surface area contributed by atoms with Gasteiger partial charge in [-0.3, -0.25) is 4.79 Å². The van der Waals surface area contributed by atoms with Gasteiger partial charge in [0.15, 0.2) is 0 Å². The molecule has 0 saturated heterocycles. The van der Waals surface area contributed by atoms with Gasteiger partial charge in [-0.05, 0) is 41.6 Å². The van der Waals surface area contributed by atoms with Crippen molar-refractivity contribution in [3.05, 3.63) is 51.7 Å². The van der Waals surface area contributed by atoms with E-state index in [9.17, 15) is 4.79 Å². The third-order valence-corrected chi connectivity index (χ3v) is 3.86. The molecule has 0 spiro atoms. The van der Waals surface area contributed by atoms with E-state index in [4.69, 9.17) is 0 Å². The Labute approximate surface area is 110 Å². The highest BCUT2D eigenvalue weighted by Gasteiger charge is 2.14. The van der Waals surface area contributed by atoms with Crippen LogP contribution in [0.3, 0.4) is 0 Å². The standard InChI is InChI=1S/C14H14N2OS/c17-14(11-5-7-18-9-11)16-13-3-1-2-10-4-6-15-8-12(10)13/h1-3,5,7,9,15H,4,6,8H2,(H,16,17). The van der Waals surface area contributed by atoms with Crippen molar-refractivity contribution in [1.82, 2.24) is 5.32 Å². The Hall–Kier alpha value is -1.65. The molecule has 2 N–H and O–H groups in total. The summed E-state index contributed by atoms with van der Waals surface area (Å²) in [6.07, 6.45) is 1.03. The molecule has 0 unspecified atom stereocenters. The van der Waals surface area contributed by atoms with Crippen molar-refractivity contribution in [2.45, 2.75) is 13.0 Å². The van der Waals surface area contributed by atoms with Crippen LogP contribution in [0.5, 0.6) is 0 Å². The van der Waals surface area contributed by atoms with E-state index < -0.39 is 0 Å². The molecule has 92 valence electrons. The Morgan fingerprint density at radius 2 is 2.28 bits per heavy atom. The molecule has 1 aliphatic heterocycles. The van der Waals surface area contributed by atoms with E-state index in [1.165, 1.54) is 22.5 Å². The number of hydrogen-bond donors (Lipinski definition) is 2. The highest BCUT2D eigenvalue weighted by Crippen LogP contribution is 2.23. The SMILES string of the molecule is O=C(Nc1cccc2c1CNCC2)c1ccsc1. The van der Waals surface area contributed by atoms with Crippen molar-refractivity contribution < 1.29 is 4.79 Å². The van der Waals surface area contributed by atoms with Gasteiger partial charge in [0.25, 0.3) is 5.91 Å². The first-order valence-corrected chi connectivity index (χ1v) is 6.94. The minimum absolute atomic E-state index is 0.0322. The molecular formula is C14H14N2OS. The third kappa shape index (κ3) is 2.17. The van der Waals surface area contributed by atoms with Crippen molar-refractivity contribution in [2.75, 3.05) is 11.9 Å². The number of amides is 1. The van der Waals surface area contributed by atoms with Gasteiger partial charge in [-0.15, -0.1) is 0 Å². The van der Waals surface area contributed by atoms with Crippen molar-refractivity contribution in [2.24, 2.45) is 0 Å². The number of anilines is 1. The van der Waals surface area contributed by atoms with Gasteiger partial charge in [-0.1, -0.05) is 12.1 Å². The number of fused-ring (bicyclic) bond motifs is 1. The average Bonchev–Trinajstić information content (AvgIpc) is 2.93. The summed E-state index contributed by atoms with van der Waals surface area (Å²) in [7, 11) is 0. The lowest BCUT2D eigenvalue weighted by Crippen LogP contribution is -2.25. The lowest BCUT2D eigenvalue weighted by atomic mass is 9.99. The van der Waals surface area contributed by atoms with Crippen molar-refractivity contribution >= 4 is 22.9 Å². The largest absolute Gasteiger partial charge is 0.322 e. The predicted molar refractivity (Wildman–Crippen MR) is 74.1 cm³/mol. The molecule has 0 aliphatic carbocycles. The fourth-order valence-corrected chi connectivity index (χ4v) is 2.86. The summed E-state index contributed by atoms with van der Waals surface area (Å²) in [5.41, 5.74) is 4.20. The van der Waals surface area contributed by atoms with E-state index in [0.29, 0.717) is 0 Å². The topological polar surface area (TPSA) is 41.1 Å². The zero-order valence-corrected chi connectivity index (χ0v) is 10.7. The van der Waals surface area contributed by atoms with Crippen LogP contribution in [-0.2, 0) is 13.0 Å². The average molecular weight is 258 g/mol. The van der Waals surface area contributed by atoms with Gasteiger partial charge in [-0.25, -0.2) is 0 Å². The maximum atomic E-state index is 12.0. The monoisotopic (exact) mass is 258 g/mol. The number of rotatable bonds is 2. The summed E-state index contributed by atoms with van der Waals surface area (Å²) in [4.78, 5) is 12.0. The summed E-state index contributed by atoms with van der Waals surface area (Å²) in [6.45, 7) is 1.84. The minimum Gasteiger partial charge on any atom is -0.322 e. The predicted octanol–water partition coefficient (Wildman–Crippen LogP) is 2.65. The first-order chi connectivity index (χ1) is 8.84. The fraction of sp³-hybridized carbons (Fsp3) is 0.214. The van der Waals surface area contributed by atoms with Gasteiger partial charge >= 0.3 is 0 Å². The molecule has 3 nitrogen and oxygen atoms in total. The quantitative estimate of drug-likeness (QED) is 0.869. The van der Waals surface area contributed by atoms with Crippen LogP contribution in [-0.4, -0.2) is 12.5 Å². The number of hydrogen-bond acceptors (Lipinski definition) is 3. The van der Waals surface area contributed by atoms with E-state index >= 15 is 0 Å². The smallest absolute Gasteiger partial charge is 0.256 e. The Bertz CT molecular complexity index is 563. The fourth-order valence-electron chi connectivity index (χ4n) is 2.22. The maximum absolute atomic E-state index is 12.0. The third-order valence-electron chi connectivity index (χ3n) is 3.18. The summed E-state index contributed by atoms with van der Waals surface area (Å²) in [5, 5.41) is 10.1. The molecule has 2 aromatic rings. The summed E-state index contributed by atoms with van der Waals surface area (Å²) in [5.74, 6) is -0.0322. The first kappa shape index (κ1) is 11.4. The number of carbonyl (C=O) groups is 1. The molecule has 1 amide bonds. The number of benzene rings is 1. The van der Waals surface area contributed by atoms with Gasteiger partial charge in [-0.2, -0.15) is 11.3 Å². The van der Waals surface area contributed by atoms with Crippen LogP contribution >= 0.6 is 11.3 Å². The summed E-state index contributed by atoms with van der Waals surface area (Å²) in [6, 6.07) is 7.95. The lowest BCUT2D eigenvalue weighted by molar-refractivity contribution is 0.102. The minimum atomic E-state index is -0.0322. The molecular weight excluding hydrogens is 244 g/mol. The maximum Gasteiger partial charge on any atom is 0.256 e. The second-order valence-electron chi connectivity index (χ2n) is 4.34. The van der Waals surface area contributed by atoms with Crippen LogP contribution in [0.1, 0.15) is 21.5 Å². The van der Waals surface area contributed by atoms with Crippen molar-refractivity contribution in [1.29, 1.82) is 0 Å². The highest BCUT2D eigenvalue weighted by molar-refractivity contribution is 7.08. The Balaban J connectivity index is 1.87. The molecule has 2 heterocycles. The van der Waals surface area contributed by atoms with Crippen LogP contribution in [0.2, 0.25) is 0 Å². The molecule has 1 aliphatic rings. The molecule has 3 rings (SSSR count).